The number of aliphatic hydroxyl groups excluding tert-OH is 1. The molecule has 102 valence electrons. The maximum absolute atomic E-state index is 12.0. The highest BCUT2D eigenvalue weighted by Gasteiger charge is 2.52. The lowest BCUT2D eigenvalue weighted by Crippen LogP contribution is -2.69. The third-order valence-corrected chi connectivity index (χ3v) is 4.11. The van der Waals surface area contributed by atoms with E-state index in [9.17, 15) is 9.90 Å². The molecule has 2 heterocycles. The van der Waals surface area contributed by atoms with E-state index in [1.54, 1.807) is 4.90 Å². The molecule has 5 nitrogen and oxygen atoms in total. The monoisotopic (exact) mass is 262 g/mol. The van der Waals surface area contributed by atoms with Crippen LogP contribution in [0.15, 0.2) is 24.3 Å². The van der Waals surface area contributed by atoms with Gasteiger partial charge in [0.05, 0.1) is 18.7 Å². The standard InChI is InChI=1S/C14H18N2O3/c1-19-8-13(18)16-11-6-15-10-5-3-2-4-9(10)14(11)12(16)7-17/h2-5,11-12,14-15,17H,6-8H2,1H3/t11-,12+,14+/m0/s1. The number of carbonyl (C=O) groups is 1. The normalized spacial score (nSPS) is 27.9. The van der Waals surface area contributed by atoms with Gasteiger partial charge in [0.15, 0.2) is 0 Å². The predicted molar refractivity (Wildman–Crippen MR) is 71.1 cm³/mol. The smallest absolute Gasteiger partial charge is 0.249 e. The molecule has 2 N–H and O–H groups in total. The van der Waals surface area contributed by atoms with Crippen LogP contribution in [0.5, 0.6) is 0 Å². The van der Waals surface area contributed by atoms with Gasteiger partial charge in [0, 0.05) is 25.3 Å². The van der Waals surface area contributed by atoms with E-state index in [0.717, 1.165) is 12.2 Å². The minimum Gasteiger partial charge on any atom is -0.394 e. The number of ether oxygens (including phenoxy) is 1. The number of aliphatic hydroxyl groups is 1. The molecule has 0 aliphatic carbocycles. The zero-order valence-corrected chi connectivity index (χ0v) is 10.9. The Kier molecular flexibility index (Phi) is 3.16. The third kappa shape index (κ3) is 1.81. The quantitative estimate of drug-likeness (QED) is 0.828. The maximum atomic E-state index is 12.0. The van der Waals surface area contributed by atoms with Crippen LogP contribution in [0.1, 0.15) is 11.5 Å². The first-order chi connectivity index (χ1) is 9.27. The van der Waals surface area contributed by atoms with Crippen molar-refractivity contribution < 1.29 is 14.6 Å². The van der Waals surface area contributed by atoms with Gasteiger partial charge in [0.1, 0.15) is 6.61 Å². The summed E-state index contributed by atoms with van der Waals surface area (Å²) in [5, 5.41) is 12.9. The van der Waals surface area contributed by atoms with Crippen LogP contribution in [0, 0.1) is 0 Å². The van der Waals surface area contributed by atoms with Gasteiger partial charge < -0.3 is 20.1 Å². The van der Waals surface area contributed by atoms with E-state index in [1.165, 1.54) is 12.7 Å². The Balaban J connectivity index is 1.87. The number of methoxy groups -OCH3 is 1. The van der Waals surface area contributed by atoms with Crippen LogP contribution in [-0.4, -0.2) is 54.9 Å². The molecule has 0 bridgehead atoms. The first kappa shape index (κ1) is 12.4. The third-order valence-electron chi connectivity index (χ3n) is 4.11. The number of amides is 1. The molecule has 0 saturated carbocycles. The summed E-state index contributed by atoms with van der Waals surface area (Å²) < 4.78 is 4.91. The summed E-state index contributed by atoms with van der Waals surface area (Å²) in [4.78, 5) is 13.8. The van der Waals surface area contributed by atoms with Gasteiger partial charge in [-0.2, -0.15) is 0 Å². The van der Waals surface area contributed by atoms with E-state index >= 15 is 0 Å². The molecule has 1 saturated heterocycles. The van der Waals surface area contributed by atoms with Crippen LogP contribution in [0.2, 0.25) is 0 Å². The van der Waals surface area contributed by atoms with Gasteiger partial charge in [0.2, 0.25) is 5.91 Å². The zero-order chi connectivity index (χ0) is 13.4. The predicted octanol–water partition coefficient (Wildman–Crippen LogP) is 0.414. The van der Waals surface area contributed by atoms with Crippen molar-refractivity contribution in [3.63, 3.8) is 0 Å². The summed E-state index contributed by atoms with van der Waals surface area (Å²) in [5.74, 6) is 0.173. The van der Waals surface area contributed by atoms with Gasteiger partial charge in [0.25, 0.3) is 0 Å². The average Bonchev–Trinajstić information content (AvgIpc) is 2.39. The molecule has 1 fully saturated rings. The molecule has 0 aromatic heterocycles. The van der Waals surface area contributed by atoms with E-state index in [-0.39, 0.29) is 37.1 Å². The fraction of sp³-hybridized carbons (Fsp3) is 0.500. The first-order valence-corrected chi connectivity index (χ1v) is 6.51. The Morgan fingerprint density at radius 3 is 3.05 bits per heavy atom. The van der Waals surface area contributed by atoms with Crippen LogP contribution < -0.4 is 5.32 Å². The lowest BCUT2D eigenvalue weighted by Gasteiger charge is -2.57. The van der Waals surface area contributed by atoms with E-state index in [2.05, 4.69) is 11.4 Å². The number of fused-ring (bicyclic) bond motifs is 3. The van der Waals surface area contributed by atoms with Crippen molar-refractivity contribution in [3.05, 3.63) is 29.8 Å². The number of hydrogen-bond donors (Lipinski definition) is 2. The second kappa shape index (κ2) is 4.83. The van der Waals surface area contributed by atoms with Gasteiger partial charge in [-0.05, 0) is 11.6 Å². The van der Waals surface area contributed by atoms with Gasteiger partial charge in [-0.15, -0.1) is 0 Å². The number of carbonyl (C=O) groups excluding carboxylic acids is 1. The Morgan fingerprint density at radius 1 is 1.53 bits per heavy atom. The molecular formula is C14H18N2O3. The van der Waals surface area contributed by atoms with Crippen molar-refractivity contribution >= 4 is 11.6 Å². The van der Waals surface area contributed by atoms with Gasteiger partial charge in [-0.3, -0.25) is 4.79 Å². The maximum Gasteiger partial charge on any atom is 0.249 e. The molecule has 1 aromatic rings. The van der Waals surface area contributed by atoms with Crippen LogP contribution in [0.3, 0.4) is 0 Å². The van der Waals surface area contributed by atoms with Crippen molar-refractivity contribution in [1.29, 1.82) is 0 Å². The Bertz CT molecular complexity index is 491. The SMILES string of the molecule is COCC(=O)N1[C@H](CO)[C@@H]2c3ccccc3NC[C@@H]21. The number of likely N-dealkylation sites (tertiary alicyclic amines) is 1. The highest BCUT2D eigenvalue weighted by molar-refractivity contribution is 5.80. The van der Waals surface area contributed by atoms with Crippen molar-refractivity contribution in [2.45, 2.75) is 18.0 Å². The lowest BCUT2D eigenvalue weighted by molar-refractivity contribution is -0.154. The minimum atomic E-state index is -0.129. The summed E-state index contributed by atoms with van der Waals surface area (Å²) in [6.07, 6.45) is 0. The Morgan fingerprint density at radius 2 is 2.32 bits per heavy atom. The highest BCUT2D eigenvalue weighted by atomic mass is 16.5. The van der Waals surface area contributed by atoms with Crippen molar-refractivity contribution in [2.75, 3.05) is 32.2 Å². The summed E-state index contributed by atoms with van der Waals surface area (Å²) in [6, 6.07) is 8.09. The molecule has 3 atom stereocenters. The average molecular weight is 262 g/mol. The largest absolute Gasteiger partial charge is 0.394 e. The summed E-state index contributed by atoms with van der Waals surface area (Å²) >= 11 is 0. The molecule has 5 heteroatoms. The Hall–Kier alpha value is -1.59. The van der Waals surface area contributed by atoms with E-state index < -0.39 is 0 Å². The molecule has 2 aliphatic heterocycles. The molecule has 2 aliphatic rings. The highest BCUT2D eigenvalue weighted by Crippen LogP contribution is 2.45. The molecule has 19 heavy (non-hydrogen) atoms. The number of nitrogens with one attached hydrogen (secondary N) is 1. The topological polar surface area (TPSA) is 61.8 Å². The fourth-order valence-electron chi connectivity index (χ4n) is 3.32. The number of hydrogen-bond acceptors (Lipinski definition) is 4. The summed E-state index contributed by atoms with van der Waals surface area (Å²) in [5.41, 5.74) is 2.31. The molecular weight excluding hydrogens is 244 g/mol. The van der Waals surface area contributed by atoms with Crippen molar-refractivity contribution in [2.24, 2.45) is 0 Å². The van der Waals surface area contributed by atoms with E-state index in [4.69, 9.17) is 4.74 Å². The second-order valence-electron chi connectivity index (χ2n) is 5.05. The molecule has 3 rings (SSSR count). The van der Waals surface area contributed by atoms with Gasteiger partial charge in [-0.25, -0.2) is 0 Å². The Labute approximate surface area is 112 Å². The molecule has 1 amide bonds. The lowest BCUT2D eigenvalue weighted by atomic mass is 9.72. The zero-order valence-electron chi connectivity index (χ0n) is 10.9. The fourth-order valence-corrected chi connectivity index (χ4v) is 3.32. The van der Waals surface area contributed by atoms with Gasteiger partial charge >= 0.3 is 0 Å². The number of rotatable bonds is 3. The van der Waals surface area contributed by atoms with Crippen LogP contribution in [0.4, 0.5) is 5.69 Å². The molecule has 1 aromatic carbocycles. The van der Waals surface area contributed by atoms with Crippen molar-refractivity contribution in [1.82, 2.24) is 4.90 Å². The van der Waals surface area contributed by atoms with E-state index in [1.807, 2.05) is 18.2 Å². The minimum absolute atomic E-state index is 0.00897. The number of benzene rings is 1. The number of anilines is 1. The summed E-state index contributed by atoms with van der Waals surface area (Å²) in [6.45, 7) is 0.792. The van der Waals surface area contributed by atoms with E-state index in [0.29, 0.717) is 0 Å². The molecule has 0 radical (unpaired) electrons. The van der Waals surface area contributed by atoms with Crippen LogP contribution >= 0.6 is 0 Å². The first-order valence-electron chi connectivity index (χ1n) is 6.51. The van der Waals surface area contributed by atoms with Crippen molar-refractivity contribution in [3.8, 4) is 0 Å². The van der Waals surface area contributed by atoms with Gasteiger partial charge in [-0.1, -0.05) is 18.2 Å². The van der Waals surface area contributed by atoms with Crippen LogP contribution in [0.25, 0.3) is 0 Å². The molecule has 0 unspecified atom stereocenters. The number of para-hydroxylation sites is 1. The molecule has 0 spiro atoms. The number of nitrogens with zero attached hydrogens (tertiary/aromatic N) is 1. The summed E-state index contributed by atoms with van der Waals surface area (Å²) in [7, 11) is 1.51. The van der Waals surface area contributed by atoms with Crippen LogP contribution in [-0.2, 0) is 9.53 Å². The second-order valence-corrected chi connectivity index (χ2v) is 5.05.